The van der Waals surface area contributed by atoms with E-state index in [0.29, 0.717) is 0 Å². The maximum atomic E-state index is 11.6. The standard InChI is InChI=1S/C14H21N3O2S/c1-15-20(18,19)10-11-4-5-14-12(8-11)9-13(16-14)6-7-17(2)3/h4-5,8-9,15-16H,6-7,10H2,1-3H3. The van der Waals surface area contributed by atoms with E-state index >= 15 is 0 Å². The van der Waals surface area contributed by atoms with Crippen LogP contribution in [-0.4, -0.2) is 46.0 Å². The molecule has 0 bridgehead atoms. The van der Waals surface area contributed by atoms with E-state index < -0.39 is 10.0 Å². The van der Waals surface area contributed by atoms with Gasteiger partial charge in [-0.2, -0.15) is 0 Å². The van der Waals surface area contributed by atoms with Crippen LogP contribution in [0.25, 0.3) is 10.9 Å². The second-order valence-electron chi connectivity index (χ2n) is 5.23. The van der Waals surface area contributed by atoms with Crippen LogP contribution in [0.1, 0.15) is 11.3 Å². The van der Waals surface area contributed by atoms with Crippen molar-refractivity contribution in [1.29, 1.82) is 0 Å². The van der Waals surface area contributed by atoms with E-state index in [0.717, 1.165) is 29.4 Å². The average molecular weight is 295 g/mol. The molecule has 2 N–H and O–H groups in total. The van der Waals surface area contributed by atoms with Gasteiger partial charge in [0.15, 0.2) is 0 Å². The van der Waals surface area contributed by atoms with Crippen molar-refractivity contribution >= 4 is 20.9 Å². The molecule has 0 aliphatic carbocycles. The van der Waals surface area contributed by atoms with Crippen molar-refractivity contribution in [3.05, 3.63) is 35.5 Å². The zero-order valence-corrected chi connectivity index (χ0v) is 12.9. The van der Waals surface area contributed by atoms with E-state index in [1.165, 1.54) is 12.7 Å². The van der Waals surface area contributed by atoms with Gasteiger partial charge in [0.2, 0.25) is 10.0 Å². The van der Waals surface area contributed by atoms with E-state index in [4.69, 9.17) is 0 Å². The van der Waals surface area contributed by atoms with Gasteiger partial charge in [0.05, 0.1) is 5.75 Å². The first-order valence-electron chi connectivity index (χ1n) is 6.56. The quantitative estimate of drug-likeness (QED) is 0.845. The molecule has 2 rings (SSSR count). The average Bonchev–Trinajstić information content (AvgIpc) is 2.78. The van der Waals surface area contributed by atoms with Crippen molar-refractivity contribution in [3.8, 4) is 0 Å². The Bertz CT molecular complexity index is 690. The van der Waals surface area contributed by atoms with Gasteiger partial charge in [0, 0.05) is 24.2 Å². The van der Waals surface area contributed by atoms with Crippen LogP contribution in [0, 0.1) is 0 Å². The Hall–Kier alpha value is -1.37. The molecular weight excluding hydrogens is 274 g/mol. The third kappa shape index (κ3) is 3.82. The van der Waals surface area contributed by atoms with Gasteiger partial charge in [-0.15, -0.1) is 0 Å². The van der Waals surface area contributed by atoms with Gasteiger partial charge in [-0.1, -0.05) is 6.07 Å². The van der Waals surface area contributed by atoms with Gasteiger partial charge >= 0.3 is 0 Å². The lowest BCUT2D eigenvalue weighted by Crippen LogP contribution is -2.20. The molecule has 20 heavy (non-hydrogen) atoms. The number of rotatable bonds is 6. The third-order valence-corrected chi connectivity index (χ3v) is 4.57. The summed E-state index contributed by atoms with van der Waals surface area (Å²) in [5, 5.41) is 1.06. The first kappa shape index (κ1) is 15.0. The zero-order valence-electron chi connectivity index (χ0n) is 12.1. The summed E-state index contributed by atoms with van der Waals surface area (Å²) in [6.07, 6.45) is 0.950. The molecule has 6 heteroatoms. The first-order chi connectivity index (χ1) is 9.39. The Morgan fingerprint density at radius 2 is 2.00 bits per heavy atom. The number of H-pyrrole nitrogens is 1. The molecule has 110 valence electrons. The lowest BCUT2D eigenvalue weighted by molar-refractivity contribution is 0.412. The Balaban J connectivity index is 2.21. The molecule has 0 spiro atoms. The highest BCUT2D eigenvalue weighted by Gasteiger charge is 2.09. The van der Waals surface area contributed by atoms with Gasteiger partial charge in [-0.3, -0.25) is 0 Å². The summed E-state index contributed by atoms with van der Waals surface area (Å²) in [6.45, 7) is 0.980. The van der Waals surface area contributed by atoms with Crippen LogP contribution in [-0.2, 0) is 22.2 Å². The van der Waals surface area contributed by atoms with Crippen LogP contribution in [0.4, 0.5) is 0 Å². The predicted molar refractivity (Wildman–Crippen MR) is 82.2 cm³/mol. The largest absolute Gasteiger partial charge is 0.358 e. The lowest BCUT2D eigenvalue weighted by Gasteiger charge is -2.07. The van der Waals surface area contributed by atoms with Crippen molar-refractivity contribution < 1.29 is 8.42 Å². The summed E-state index contributed by atoms with van der Waals surface area (Å²) >= 11 is 0. The second-order valence-corrected chi connectivity index (χ2v) is 7.16. The summed E-state index contributed by atoms with van der Waals surface area (Å²) in [7, 11) is 2.30. The molecule has 0 fully saturated rings. The molecule has 1 aromatic heterocycles. The Morgan fingerprint density at radius 3 is 2.65 bits per heavy atom. The Morgan fingerprint density at radius 1 is 1.25 bits per heavy atom. The minimum atomic E-state index is -3.22. The fraction of sp³-hybridized carbons (Fsp3) is 0.429. The Labute approximate surface area is 120 Å². The maximum Gasteiger partial charge on any atom is 0.215 e. The van der Waals surface area contributed by atoms with Crippen molar-refractivity contribution in [2.24, 2.45) is 0 Å². The summed E-state index contributed by atoms with van der Waals surface area (Å²) < 4.78 is 25.5. The molecule has 5 nitrogen and oxygen atoms in total. The van der Waals surface area contributed by atoms with E-state index in [-0.39, 0.29) is 5.75 Å². The number of likely N-dealkylation sites (N-methyl/N-ethyl adjacent to an activating group) is 1. The number of aromatic amines is 1. The first-order valence-corrected chi connectivity index (χ1v) is 8.21. The molecule has 0 aliphatic rings. The number of nitrogens with one attached hydrogen (secondary N) is 2. The van der Waals surface area contributed by atoms with Crippen LogP contribution in [0.15, 0.2) is 24.3 Å². The van der Waals surface area contributed by atoms with Gasteiger partial charge in [-0.05, 0) is 50.3 Å². The molecule has 0 unspecified atom stereocenters. The van der Waals surface area contributed by atoms with Crippen molar-refractivity contribution in [2.45, 2.75) is 12.2 Å². The van der Waals surface area contributed by atoms with E-state index in [2.05, 4.69) is 20.7 Å². The van der Waals surface area contributed by atoms with Gasteiger partial charge in [-0.25, -0.2) is 13.1 Å². The SMILES string of the molecule is CNS(=O)(=O)Cc1ccc2[nH]c(CCN(C)C)cc2c1. The molecule has 0 amide bonds. The van der Waals surface area contributed by atoms with Crippen LogP contribution < -0.4 is 4.72 Å². The lowest BCUT2D eigenvalue weighted by atomic mass is 10.2. The van der Waals surface area contributed by atoms with E-state index in [1.54, 1.807) is 0 Å². The fourth-order valence-corrected chi connectivity index (χ4v) is 2.87. The van der Waals surface area contributed by atoms with E-state index in [9.17, 15) is 8.42 Å². The van der Waals surface area contributed by atoms with Crippen LogP contribution in [0.5, 0.6) is 0 Å². The highest BCUT2D eigenvalue weighted by Crippen LogP contribution is 2.19. The number of fused-ring (bicyclic) bond motifs is 1. The highest BCUT2D eigenvalue weighted by atomic mass is 32.2. The summed E-state index contributed by atoms with van der Waals surface area (Å²) in [5.74, 6) is 0.0116. The van der Waals surface area contributed by atoms with Gasteiger partial charge in [0.1, 0.15) is 0 Å². The molecule has 1 aromatic carbocycles. The second kappa shape index (κ2) is 5.95. The van der Waals surface area contributed by atoms with Crippen LogP contribution in [0.2, 0.25) is 0 Å². The number of hydrogen-bond donors (Lipinski definition) is 2. The fourth-order valence-electron chi connectivity index (χ4n) is 2.10. The normalized spacial score (nSPS) is 12.4. The molecule has 0 radical (unpaired) electrons. The van der Waals surface area contributed by atoms with Gasteiger partial charge < -0.3 is 9.88 Å². The highest BCUT2D eigenvalue weighted by molar-refractivity contribution is 7.88. The smallest absolute Gasteiger partial charge is 0.215 e. The number of nitrogens with zero attached hydrogens (tertiary/aromatic N) is 1. The molecule has 0 saturated carbocycles. The molecule has 0 atom stereocenters. The molecular formula is C14H21N3O2S. The topological polar surface area (TPSA) is 65.2 Å². The van der Waals surface area contributed by atoms with Crippen molar-refractivity contribution in [1.82, 2.24) is 14.6 Å². The summed E-state index contributed by atoms with van der Waals surface area (Å²) in [6, 6.07) is 7.81. The zero-order chi connectivity index (χ0) is 14.8. The number of benzene rings is 1. The Kier molecular flexibility index (Phi) is 4.47. The number of hydrogen-bond acceptors (Lipinski definition) is 3. The van der Waals surface area contributed by atoms with E-state index in [1.807, 2.05) is 32.3 Å². The molecule has 0 aliphatic heterocycles. The number of sulfonamides is 1. The molecule has 0 saturated heterocycles. The van der Waals surface area contributed by atoms with Crippen molar-refractivity contribution in [2.75, 3.05) is 27.7 Å². The minimum absolute atomic E-state index is 0.0116. The monoisotopic (exact) mass is 295 g/mol. The summed E-state index contributed by atoms with van der Waals surface area (Å²) in [5.41, 5.74) is 3.01. The van der Waals surface area contributed by atoms with Crippen LogP contribution >= 0.6 is 0 Å². The van der Waals surface area contributed by atoms with Gasteiger partial charge in [0.25, 0.3) is 0 Å². The molecule has 2 aromatic rings. The minimum Gasteiger partial charge on any atom is -0.358 e. The third-order valence-electron chi connectivity index (χ3n) is 3.24. The van der Waals surface area contributed by atoms with Crippen LogP contribution in [0.3, 0.4) is 0 Å². The predicted octanol–water partition coefficient (Wildman–Crippen LogP) is 1.32. The molecule has 1 heterocycles. The number of aromatic nitrogens is 1. The van der Waals surface area contributed by atoms with Crippen molar-refractivity contribution in [3.63, 3.8) is 0 Å². The maximum absolute atomic E-state index is 11.6. The summed E-state index contributed by atoms with van der Waals surface area (Å²) in [4.78, 5) is 5.50.